The zero-order valence-electron chi connectivity index (χ0n) is 16.5. The van der Waals surface area contributed by atoms with Gasteiger partial charge in [0, 0.05) is 36.3 Å². The number of rotatable bonds is 3. The Morgan fingerprint density at radius 2 is 1.74 bits per heavy atom. The van der Waals surface area contributed by atoms with Gasteiger partial charge in [0.2, 0.25) is 5.78 Å². The van der Waals surface area contributed by atoms with E-state index >= 15 is 0 Å². The number of nitrogens with two attached hydrogens (primary N) is 2. The molecule has 9 nitrogen and oxygen atoms in total. The summed E-state index contributed by atoms with van der Waals surface area (Å²) in [6.45, 7) is 1.84. The van der Waals surface area contributed by atoms with Crippen molar-refractivity contribution in [1.29, 1.82) is 0 Å². The molecule has 3 heterocycles. The highest BCUT2D eigenvalue weighted by Crippen LogP contribution is 2.28. The van der Waals surface area contributed by atoms with E-state index in [0.29, 0.717) is 36.0 Å². The van der Waals surface area contributed by atoms with E-state index in [9.17, 15) is 9.59 Å². The number of carbonyl (C=O) groups is 2. The first kappa shape index (κ1) is 21.2. The van der Waals surface area contributed by atoms with Gasteiger partial charge in [-0.05, 0) is 37.1 Å². The largest absolute Gasteiger partial charge is 0.382 e. The predicted molar refractivity (Wildman–Crippen MR) is 119 cm³/mol. The van der Waals surface area contributed by atoms with Crippen molar-refractivity contribution in [3.63, 3.8) is 0 Å². The third-order valence-corrected chi connectivity index (χ3v) is 6.06. The Balaban J connectivity index is 1.40. The molecular formula is C20H21Cl2N7O2. The van der Waals surface area contributed by atoms with Crippen LogP contribution >= 0.6 is 23.2 Å². The zero-order valence-corrected chi connectivity index (χ0v) is 18.0. The highest BCUT2D eigenvalue weighted by atomic mass is 35.5. The van der Waals surface area contributed by atoms with Crippen molar-refractivity contribution in [3.05, 3.63) is 57.6 Å². The number of ketones is 1. The Labute approximate surface area is 188 Å². The lowest BCUT2D eigenvalue weighted by Crippen LogP contribution is -2.53. The number of hydrogen-bond acceptors (Lipinski definition) is 8. The fraction of sp³-hybridized carbons (Fsp3) is 0.300. The molecule has 4 rings (SSSR count). The minimum atomic E-state index is -0.436. The van der Waals surface area contributed by atoms with Crippen LogP contribution in [-0.4, -0.2) is 51.7 Å². The summed E-state index contributed by atoms with van der Waals surface area (Å²) < 4.78 is 0. The number of benzene rings is 1. The number of anilines is 2. The molecule has 6 N–H and O–H groups in total. The molecule has 1 aromatic carbocycles. The number of nitrogens with one attached hydrogen (secondary N) is 2. The standard InChI is InChI=1S/C20H21Cl2N7O2/c21-12-3-1-11(2-4-12)19(31)29-7-5-20(6-8-29)10-25-14(28-20)9-13(30)15-17(23)27-18(24)16(22)26-15/h1-4,9,25,28H,5-8,10H2,(H4,23,24,27)/b14-9+. The van der Waals surface area contributed by atoms with Crippen LogP contribution < -0.4 is 22.1 Å². The Morgan fingerprint density at radius 1 is 1.06 bits per heavy atom. The van der Waals surface area contributed by atoms with E-state index in [2.05, 4.69) is 20.6 Å². The number of nitrogens with zero attached hydrogens (tertiary/aromatic N) is 3. The van der Waals surface area contributed by atoms with Crippen molar-refractivity contribution in [2.24, 2.45) is 0 Å². The van der Waals surface area contributed by atoms with E-state index < -0.39 is 5.78 Å². The predicted octanol–water partition coefficient (Wildman–Crippen LogP) is 1.84. The monoisotopic (exact) mass is 461 g/mol. The number of amides is 1. The molecule has 2 saturated heterocycles. The summed E-state index contributed by atoms with van der Waals surface area (Å²) in [5, 5.41) is 7.12. The molecule has 1 amide bonds. The van der Waals surface area contributed by atoms with E-state index in [-0.39, 0.29) is 33.9 Å². The fourth-order valence-corrected chi connectivity index (χ4v) is 4.02. The van der Waals surface area contributed by atoms with Crippen molar-refractivity contribution in [2.45, 2.75) is 18.4 Å². The first-order chi connectivity index (χ1) is 14.8. The van der Waals surface area contributed by atoms with Crippen LogP contribution in [0.25, 0.3) is 0 Å². The van der Waals surface area contributed by atoms with Crippen molar-refractivity contribution < 1.29 is 9.59 Å². The molecule has 31 heavy (non-hydrogen) atoms. The summed E-state index contributed by atoms with van der Waals surface area (Å²) >= 11 is 11.8. The smallest absolute Gasteiger partial charge is 0.253 e. The number of hydrogen-bond donors (Lipinski definition) is 4. The molecule has 2 fully saturated rings. The lowest BCUT2D eigenvalue weighted by molar-refractivity contribution is 0.0667. The van der Waals surface area contributed by atoms with Crippen LogP contribution in [0, 0.1) is 0 Å². The summed E-state index contributed by atoms with van der Waals surface area (Å²) in [5.41, 5.74) is 11.6. The zero-order chi connectivity index (χ0) is 22.2. The third kappa shape index (κ3) is 4.38. The molecule has 2 aromatic rings. The van der Waals surface area contributed by atoms with Crippen molar-refractivity contribution in [2.75, 3.05) is 31.1 Å². The van der Waals surface area contributed by atoms with Crippen LogP contribution in [0.4, 0.5) is 11.6 Å². The van der Waals surface area contributed by atoms with Crippen LogP contribution in [0.2, 0.25) is 10.2 Å². The van der Waals surface area contributed by atoms with Gasteiger partial charge in [-0.2, -0.15) is 0 Å². The number of piperidine rings is 1. The molecule has 2 aliphatic rings. The molecule has 2 aliphatic heterocycles. The van der Waals surface area contributed by atoms with Gasteiger partial charge in [0.25, 0.3) is 5.91 Å². The van der Waals surface area contributed by atoms with Gasteiger partial charge < -0.3 is 27.0 Å². The van der Waals surface area contributed by atoms with Crippen LogP contribution in [0.5, 0.6) is 0 Å². The van der Waals surface area contributed by atoms with Gasteiger partial charge in [0.05, 0.1) is 5.54 Å². The molecule has 1 aromatic heterocycles. The van der Waals surface area contributed by atoms with E-state index in [0.717, 1.165) is 12.8 Å². The quantitative estimate of drug-likeness (QED) is 0.400. The molecular weight excluding hydrogens is 441 g/mol. The van der Waals surface area contributed by atoms with Crippen LogP contribution in [0.3, 0.4) is 0 Å². The second-order valence-corrected chi connectivity index (χ2v) is 8.41. The van der Waals surface area contributed by atoms with Crippen LogP contribution in [-0.2, 0) is 0 Å². The fourth-order valence-electron chi connectivity index (χ4n) is 3.76. The number of likely N-dealkylation sites (tertiary alicyclic amines) is 1. The summed E-state index contributed by atoms with van der Waals surface area (Å²) in [5.74, 6) is 0.00782. The van der Waals surface area contributed by atoms with Gasteiger partial charge in [-0.1, -0.05) is 23.2 Å². The molecule has 162 valence electrons. The molecule has 0 unspecified atom stereocenters. The van der Waals surface area contributed by atoms with E-state index in [1.807, 2.05) is 4.90 Å². The minimum absolute atomic E-state index is 0.0160. The van der Waals surface area contributed by atoms with Gasteiger partial charge in [-0.3, -0.25) is 9.59 Å². The lowest BCUT2D eigenvalue weighted by Gasteiger charge is -2.38. The molecule has 11 heteroatoms. The van der Waals surface area contributed by atoms with Gasteiger partial charge >= 0.3 is 0 Å². The molecule has 0 atom stereocenters. The maximum absolute atomic E-state index is 12.7. The first-order valence-corrected chi connectivity index (χ1v) is 10.4. The van der Waals surface area contributed by atoms with Crippen LogP contribution in [0.1, 0.15) is 33.7 Å². The Bertz CT molecular complexity index is 1060. The summed E-state index contributed by atoms with van der Waals surface area (Å²) in [7, 11) is 0. The van der Waals surface area contributed by atoms with E-state index in [1.165, 1.54) is 6.08 Å². The van der Waals surface area contributed by atoms with Crippen LogP contribution in [0.15, 0.2) is 36.2 Å². The van der Waals surface area contributed by atoms with E-state index in [1.54, 1.807) is 24.3 Å². The lowest BCUT2D eigenvalue weighted by atomic mass is 9.88. The maximum Gasteiger partial charge on any atom is 0.253 e. The second kappa shape index (κ2) is 8.24. The minimum Gasteiger partial charge on any atom is -0.382 e. The average Bonchev–Trinajstić information content (AvgIpc) is 3.13. The highest BCUT2D eigenvalue weighted by Gasteiger charge is 2.40. The third-order valence-electron chi connectivity index (χ3n) is 5.53. The molecule has 0 radical (unpaired) electrons. The molecule has 0 aliphatic carbocycles. The number of halogens is 2. The SMILES string of the molecule is Nc1nc(N)c(C(=O)/C=C2\NCC3(CCN(C(=O)c4ccc(Cl)cc4)CC3)N2)nc1Cl. The molecule has 1 spiro atoms. The normalized spacial score (nSPS) is 18.6. The molecule has 0 bridgehead atoms. The van der Waals surface area contributed by atoms with Gasteiger partial charge in [0.15, 0.2) is 22.5 Å². The Kier molecular flexibility index (Phi) is 5.63. The highest BCUT2D eigenvalue weighted by molar-refractivity contribution is 6.32. The van der Waals surface area contributed by atoms with Gasteiger partial charge in [-0.25, -0.2) is 9.97 Å². The van der Waals surface area contributed by atoms with E-state index in [4.69, 9.17) is 34.7 Å². The summed E-state index contributed by atoms with van der Waals surface area (Å²) in [4.78, 5) is 34.9. The van der Waals surface area contributed by atoms with Gasteiger partial charge in [-0.15, -0.1) is 0 Å². The second-order valence-electron chi connectivity index (χ2n) is 7.61. The van der Waals surface area contributed by atoms with Crippen molar-refractivity contribution >= 4 is 46.5 Å². The topological polar surface area (TPSA) is 139 Å². The van der Waals surface area contributed by atoms with Gasteiger partial charge in [0.1, 0.15) is 5.82 Å². The number of carbonyl (C=O) groups excluding carboxylic acids is 2. The van der Waals surface area contributed by atoms with Crippen molar-refractivity contribution in [1.82, 2.24) is 25.5 Å². The average molecular weight is 462 g/mol. The maximum atomic E-state index is 12.7. The van der Waals surface area contributed by atoms with Crippen molar-refractivity contribution in [3.8, 4) is 0 Å². The number of allylic oxidation sites excluding steroid dienone is 1. The first-order valence-electron chi connectivity index (χ1n) is 9.68. The molecule has 0 saturated carbocycles. The number of aromatic nitrogens is 2. The Hall–Kier alpha value is -3.04. The number of nitrogen functional groups attached to an aromatic ring is 2. The Morgan fingerprint density at radius 3 is 2.42 bits per heavy atom. The summed E-state index contributed by atoms with van der Waals surface area (Å²) in [6.07, 6.45) is 2.86. The summed E-state index contributed by atoms with van der Waals surface area (Å²) in [6, 6.07) is 6.88.